The van der Waals surface area contributed by atoms with E-state index < -0.39 is 4.92 Å². The van der Waals surface area contributed by atoms with Crippen molar-refractivity contribution in [3.63, 3.8) is 0 Å². The molecule has 1 heterocycles. The van der Waals surface area contributed by atoms with Crippen LogP contribution in [0.1, 0.15) is 5.56 Å². The lowest BCUT2D eigenvalue weighted by Crippen LogP contribution is -2.11. The Balaban J connectivity index is 2.13. The molecular formula is C11H10BrN3O2. The van der Waals surface area contributed by atoms with Gasteiger partial charge in [-0.05, 0) is 23.8 Å². The van der Waals surface area contributed by atoms with Crippen LogP contribution in [0.5, 0.6) is 0 Å². The largest absolute Gasteiger partial charge is 0.322 e. The molecule has 0 saturated carbocycles. The summed E-state index contributed by atoms with van der Waals surface area (Å²) < 4.78 is 2.50. The van der Waals surface area contributed by atoms with Crippen LogP contribution >= 0.6 is 15.9 Å². The molecule has 0 aliphatic heterocycles. The van der Waals surface area contributed by atoms with Gasteiger partial charge in [-0.25, -0.2) is 0 Å². The second-order valence-electron chi connectivity index (χ2n) is 3.50. The van der Waals surface area contributed by atoms with Crippen molar-refractivity contribution in [2.75, 3.05) is 5.43 Å². The lowest BCUT2D eigenvalue weighted by molar-refractivity contribution is -0.385. The van der Waals surface area contributed by atoms with E-state index >= 15 is 0 Å². The van der Waals surface area contributed by atoms with Gasteiger partial charge in [0.2, 0.25) is 0 Å². The van der Waals surface area contributed by atoms with E-state index in [0.29, 0.717) is 11.0 Å². The molecule has 1 aromatic carbocycles. The first-order valence-corrected chi connectivity index (χ1v) is 5.75. The van der Waals surface area contributed by atoms with Gasteiger partial charge in [-0.2, -0.15) is 0 Å². The molecule has 0 aliphatic carbocycles. The van der Waals surface area contributed by atoms with Crippen molar-refractivity contribution < 1.29 is 4.92 Å². The lowest BCUT2D eigenvalue weighted by Gasteiger charge is -2.07. The van der Waals surface area contributed by atoms with Gasteiger partial charge < -0.3 is 5.43 Å². The van der Waals surface area contributed by atoms with Crippen LogP contribution < -0.4 is 5.43 Å². The molecule has 0 spiro atoms. The molecule has 0 fully saturated rings. The summed E-state index contributed by atoms with van der Waals surface area (Å²) in [6, 6.07) is 8.69. The number of nitro groups is 1. The number of nitrogens with one attached hydrogen (secondary N) is 1. The molecule has 0 saturated heterocycles. The quantitative estimate of drug-likeness (QED) is 0.697. The Morgan fingerprint density at radius 1 is 1.29 bits per heavy atom. The molecule has 17 heavy (non-hydrogen) atoms. The van der Waals surface area contributed by atoms with Crippen LogP contribution in [-0.2, 0) is 6.54 Å². The van der Waals surface area contributed by atoms with Gasteiger partial charge in [-0.15, -0.1) is 0 Å². The van der Waals surface area contributed by atoms with Gasteiger partial charge in [0, 0.05) is 29.0 Å². The average molecular weight is 296 g/mol. The minimum absolute atomic E-state index is 0.0867. The molecule has 0 aliphatic rings. The monoisotopic (exact) mass is 295 g/mol. The molecule has 5 nitrogen and oxygen atoms in total. The highest BCUT2D eigenvalue weighted by molar-refractivity contribution is 9.10. The Bertz CT molecular complexity index is 526. The summed E-state index contributed by atoms with van der Waals surface area (Å²) in [4.78, 5) is 10.3. The molecule has 1 aromatic heterocycles. The average Bonchev–Trinajstić information content (AvgIpc) is 2.78. The number of benzene rings is 1. The molecule has 2 rings (SSSR count). The lowest BCUT2D eigenvalue weighted by atomic mass is 10.2. The minimum atomic E-state index is -0.399. The number of hydrogen-bond donors (Lipinski definition) is 1. The third-order valence-corrected chi connectivity index (χ3v) is 2.68. The summed E-state index contributed by atoms with van der Waals surface area (Å²) in [5.41, 5.74) is 4.04. The molecular weight excluding hydrogens is 286 g/mol. The van der Waals surface area contributed by atoms with Gasteiger partial charge in [-0.3, -0.25) is 14.8 Å². The van der Waals surface area contributed by atoms with E-state index in [9.17, 15) is 10.1 Å². The van der Waals surface area contributed by atoms with Crippen molar-refractivity contribution in [3.8, 4) is 0 Å². The Kier molecular flexibility index (Phi) is 3.43. The zero-order valence-electron chi connectivity index (χ0n) is 8.84. The van der Waals surface area contributed by atoms with Crippen LogP contribution in [0.3, 0.4) is 0 Å². The first-order valence-electron chi connectivity index (χ1n) is 4.96. The number of halogens is 1. The molecule has 0 unspecified atom stereocenters. The number of nitro benzene ring substituents is 1. The molecule has 0 amide bonds. The van der Waals surface area contributed by atoms with E-state index in [4.69, 9.17) is 0 Å². The fraction of sp³-hybridized carbons (Fsp3) is 0.0909. The van der Waals surface area contributed by atoms with Crippen molar-refractivity contribution in [2.45, 2.75) is 6.54 Å². The molecule has 0 bridgehead atoms. The summed E-state index contributed by atoms with van der Waals surface area (Å²) in [5.74, 6) is 0. The van der Waals surface area contributed by atoms with Gasteiger partial charge in [0.1, 0.15) is 0 Å². The Hall–Kier alpha value is -1.82. The second kappa shape index (κ2) is 5.01. The number of hydrogen-bond acceptors (Lipinski definition) is 3. The van der Waals surface area contributed by atoms with Crippen molar-refractivity contribution in [3.05, 3.63) is 62.9 Å². The molecule has 0 atom stereocenters. The van der Waals surface area contributed by atoms with Crippen molar-refractivity contribution >= 4 is 21.6 Å². The van der Waals surface area contributed by atoms with E-state index in [1.165, 1.54) is 6.07 Å². The fourth-order valence-corrected chi connectivity index (χ4v) is 1.99. The van der Waals surface area contributed by atoms with Crippen molar-refractivity contribution in [2.24, 2.45) is 0 Å². The summed E-state index contributed by atoms with van der Waals surface area (Å²) in [6.45, 7) is 0.523. The third-order valence-electron chi connectivity index (χ3n) is 2.22. The predicted molar refractivity (Wildman–Crippen MR) is 68.3 cm³/mol. The maximum atomic E-state index is 10.7. The van der Waals surface area contributed by atoms with Gasteiger partial charge in [0.15, 0.2) is 0 Å². The summed E-state index contributed by atoms with van der Waals surface area (Å²) in [7, 11) is 0. The summed E-state index contributed by atoms with van der Waals surface area (Å²) in [6.07, 6.45) is 3.73. The first-order chi connectivity index (χ1) is 8.15. The predicted octanol–water partition coefficient (Wildman–Crippen LogP) is 2.90. The summed E-state index contributed by atoms with van der Waals surface area (Å²) >= 11 is 3.26. The number of nitrogens with zero attached hydrogens (tertiary/aromatic N) is 2. The topological polar surface area (TPSA) is 60.1 Å². The highest BCUT2D eigenvalue weighted by Crippen LogP contribution is 2.21. The van der Waals surface area contributed by atoms with E-state index in [-0.39, 0.29) is 5.69 Å². The van der Waals surface area contributed by atoms with Crippen molar-refractivity contribution in [1.82, 2.24) is 4.68 Å². The SMILES string of the molecule is O=[N+]([O-])c1cc(Br)cc(CNn2cccc2)c1. The van der Waals surface area contributed by atoms with Gasteiger partial charge >= 0.3 is 0 Å². The fourth-order valence-electron chi connectivity index (χ4n) is 1.46. The van der Waals surface area contributed by atoms with E-state index in [1.807, 2.05) is 30.6 Å². The van der Waals surface area contributed by atoms with Crippen LogP contribution in [0, 0.1) is 10.1 Å². The Morgan fingerprint density at radius 2 is 2.00 bits per heavy atom. The Labute approximate surface area is 106 Å². The second-order valence-corrected chi connectivity index (χ2v) is 4.42. The minimum Gasteiger partial charge on any atom is -0.322 e. The molecule has 0 radical (unpaired) electrons. The smallest absolute Gasteiger partial charge is 0.270 e. The van der Waals surface area contributed by atoms with Gasteiger partial charge in [0.05, 0.1) is 11.5 Å². The maximum absolute atomic E-state index is 10.7. The zero-order chi connectivity index (χ0) is 12.3. The van der Waals surface area contributed by atoms with E-state index in [2.05, 4.69) is 21.4 Å². The maximum Gasteiger partial charge on any atom is 0.270 e. The van der Waals surface area contributed by atoms with Gasteiger partial charge in [-0.1, -0.05) is 15.9 Å². The van der Waals surface area contributed by atoms with Crippen molar-refractivity contribution in [1.29, 1.82) is 0 Å². The zero-order valence-corrected chi connectivity index (χ0v) is 10.4. The highest BCUT2D eigenvalue weighted by atomic mass is 79.9. The van der Waals surface area contributed by atoms with Crippen LogP contribution in [0.2, 0.25) is 0 Å². The van der Waals surface area contributed by atoms with Crippen LogP contribution in [0.4, 0.5) is 5.69 Å². The number of non-ortho nitro benzene ring substituents is 1. The molecule has 6 heteroatoms. The van der Waals surface area contributed by atoms with Crippen LogP contribution in [0.25, 0.3) is 0 Å². The molecule has 1 N–H and O–H groups in total. The standard InChI is InChI=1S/C11H10BrN3O2/c12-10-5-9(6-11(7-10)15(16)17)8-13-14-3-1-2-4-14/h1-7,13H,8H2. The highest BCUT2D eigenvalue weighted by Gasteiger charge is 2.08. The van der Waals surface area contributed by atoms with E-state index in [0.717, 1.165) is 5.56 Å². The first kappa shape index (κ1) is 11.7. The normalized spacial score (nSPS) is 10.2. The molecule has 88 valence electrons. The van der Waals surface area contributed by atoms with E-state index in [1.54, 1.807) is 10.7 Å². The number of rotatable bonds is 4. The third kappa shape index (κ3) is 3.07. The van der Waals surface area contributed by atoms with Gasteiger partial charge in [0.25, 0.3) is 5.69 Å². The van der Waals surface area contributed by atoms with Crippen LogP contribution in [0.15, 0.2) is 47.2 Å². The van der Waals surface area contributed by atoms with Crippen LogP contribution in [-0.4, -0.2) is 9.60 Å². The summed E-state index contributed by atoms with van der Waals surface area (Å²) in [5, 5.41) is 10.7. The molecule has 2 aromatic rings. The Morgan fingerprint density at radius 3 is 2.65 bits per heavy atom. The number of aromatic nitrogens is 1.